The van der Waals surface area contributed by atoms with Crippen molar-refractivity contribution in [1.29, 1.82) is 5.26 Å². The third-order valence-electron chi connectivity index (χ3n) is 5.52. The van der Waals surface area contributed by atoms with Gasteiger partial charge in [-0.3, -0.25) is 9.13 Å². The minimum absolute atomic E-state index is 0.0189. The van der Waals surface area contributed by atoms with E-state index in [4.69, 9.17) is 16.3 Å². The number of aliphatic hydroxyl groups is 1. The molecular weight excluding hydrogens is 392 g/mol. The summed E-state index contributed by atoms with van der Waals surface area (Å²) in [7, 11) is 1.55. The number of hydrogen-bond donors (Lipinski definition) is 1. The van der Waals surface area contributed by atoms with Crippen LogP contribution in [0.15, 0.2) is 35.3 Å². The van der Waals surface area contributed by atoms with E-state index in [2.05, 4.69) is 11.1 Å². The van der Waals surface area contributed by atoms with Gasteiger partial charge in [-0.05, 0) is 49.4 Å². The molecule has 0 amide bonds. The highest BCUT2D eigenvalue weighted by molar-refractivity contribution is 6.32. The molecule has 1 aliphatic carbocycles. The zero-order valence-corrected chi connectivity index (χ0v) is 16.8. The molecule has 0 atom stereocenters. The van der Waals surface area contributed by atoms with E-state index in [1.54, 1.807) is 34.4 Å². The van der Waals surface area contributed by atoms with E-state index in [1.165, 1.54) is 6.20 Å². The van der Waals surface area contributed by atoms with Crippen molar-refractivity contribution in [3.63, 3.8) is 0 Å². The van der Waals surface area contributed by atoms with E-state index in [9.17, 15) is 15.2 Å². The van der Waals surface area contributed by atoms with E-state index < -0.39 is 0 Å². The lowest BCUT2D eigenvalue weighted by Crippen LogP contribution is -2.31. The van der Waals surface area contributed by atoms with Gasteiger partial charge in [0.2, 0.25) is 0 Å². The van der Waals surface area contributed by atoms with Crippen LogP contribution >= 0.6 is 11.6 Å². The van der Waals surface area contributed by atoms with Gasteiger partial charge in [0, 0.05) is 12.2 Å². The van der Waals surface area contributed by atoms with Gasteiger partial charge in [-0.2, -0.15) is 5.26 Å². The Morgan fingerprint density at radius 3 is 2.72 bits per heavy atom. The summed E-state index contributed by atoms with van der Waals surface area (Å²) in [6.07, 6.45) is 3.94. The molecule has 2 aromatic heterocycles. The van der Waals surface area contributed by atoms with Crippen LogP contribution in [-0.2, 0) is 6.54 Å². The Bertz CT molecular complexity index is 1150. The molecule has 150 valence electrons. The molecule has 0 saturated heterocycles. The van der Waals surface area contributed by atoms with Crippen molar-refractivity contribution >= 4 is 22.8 Å². The number of nitrogens with zero attached hydrogens (tertiary/aromatic N) is 4. The fourth-order valence-electron chi connectivity index (χ4n) is 4.00. The predicted octanol–water partition coefficient (Wildman–Crippen LogP) is 3.26. The molecule has 29 heavy (non-hydrogen) atoms. The highest BCUT2D eigenvalue weighted by Gasteiger charge is 2.26. The highest BCUT2D eigenvalue weighted by atomic mass is 35.5. The molecule has 7 nitrogen and oxygen atoms in total. The van der Waals surface area contributed by atoms with Crippen molar-refractivity contribution < 1.29 is 9.84 Å². The second-order valence-electron chi connectivity index (χ2n) is 7.35. The lowest BCUT2D eigenvalue weighted by molar-refractivity contribution is 0.110. The van der Waals surface area contributed by atoms with Crippen LogP contribution in [0.2, 0.25) is 5.02 Å². The number of hydrogen-bond acceptors (Lipinski definition) is 5. The average Bonchev–Trinajstić information content (AvgIpc) is 3.00. The molecule has 8 heteroatoms. The van der Waals surface area contributed by atoms with Crippen molar-refractivity contribution in [2.24, 2.45) is 0 Å². The molecule has 1 N–H and O–H groups in total. The van der Waals surface area contributed by atoms with E-state index >= 15 is 0 Å². The minimum Gasteiger partial charge on any atom is -0.495 e. The Morgan fingerprint density at radius 1 is 1.31 bits per heavy atom. The van der Waals surface area contributed by atoms with Gasteiger partial charge in [0.05, 0.1) is 35.9 Å². The number of halogens is 1. The monoisotopic (exact) mass is 412 g/mol. The van der Waals surface area contributed by atoms with Crippen molar-refractivity contribution in [3.05, 3.63) is 57.1 Å². The molecule has 4 rings (SSSR count). The van der Waals surface area contributed by atoms with Crippen LogP contribution in [0.3, 0.4) is 0 Å². The summed E-state index contributed by atoms with van der Waals surface area (Å²) >= 11 is 6.25. The molecule has 0 bridgehead atoms. The predicted molar refractivity (Wildman–Crippen MR) is 109 cm³/mol. The van der Waals surface area contributed by atoms with Gasteiger partial charge in [0.1, 0.15) is 11.8 Å². The quantitative estimate of drug-likeness (QED) is 0.709. The number of aliphatic hydroxyl groups excluding tert-OH is 1. The molecular formula is C21H21ClN4O3. The Labute approximate surface area is 172 Å². The Morgan fingerprint density at radius 2 is 2.07 bits per heavy atom. The molecule has 1 aliphatic rings. The van der Waals surface area contributed by atoms with E-state index in [0.717, 1.165) is 18.4 Å². The number of fused-ring (bicyclic) bond motifs is 1. The van der Waals surface area contributed by atoms with Crippen LogP contribution in [0.5, 0.6) is 5.75 Å². The number of ether oxygens (including phenoxy) is 1. The normalized spacial score (nSPS) is 19.2. The second kappa shape index (κ2) is 7.90. The molecule has 1 fully saturated rings. The van der Waals surface area contributed by atoms with Gasteiger partial charge < -0.3 is 9.84 Å². The van der Waals surface area contributed by atoms with Crippen LogP contribution in [-0.4, -0.2) is 32.4 Å². The second-order valence-corrected chi connectivity index (χ2v) is 7.76. The van der Waals surface area contributed by atoms with Gasteiger partial charge in [0.25, 0.3) is 0 Å². The number of nitriles is 1. The van der Waals surface area contributed by atoms with Gasteiger partial charge in [-0.25, -0.2) is 9.78 Å². The number of imidazole rings is 1. The summed E-state index contributed by atoms with van der Waals surface area (Å²) < 4.78 is 8.54. The van der Waals surface area contributed by atoms with Gasteiger partial charge in [-0.1, -0.05) is 17.7 Å². The first kappa shape index (κ1) is 19.5. The van der Waals surface area contributed by atoms with E-state index in [-0.39, 0.29) is 17.8 Å². The Hall–Kier alpha value is -2.82. The summed E-state index contributed by atoms with van der Waals surface area (Å²) in [4.78, 5) is 17.8. The first-order chi connectivity index (χ1) is 14.0. The Balaban J connectivity index is 1.82. The smallest absolute Gasteiger partial charge is 0.330 e. The van der Waals surface area contributed by atoms with Crippen LogP contribution in [0.4, 0.5) is 0 Å². The topological polar surface area (TPSA) is 93.1 Å². The largest absolute Gasteiger partial charge is 0.495 e. The average molecular weight is 413 g/mol. The number of pyridine rings is 1. The number of aromatic nitrogens is 3. The summed E-state index contributed by atoms with van der Waals surface area (Å²) in [6.45, 7) is 0.304. The highest BCUT2D eigenvalue weighted by Crippen LogP contribution is 2.30. The fourth-order valence-corrected chi connectivity index (χ4v) is 4.28. The molecule has 0 spiro atoms. The maximum absolute atomic E-state index is 13.4. The molecule has 3 aromatic rings. The van der Waals surface area contributed by atoms with Crippen LogP contribution in [0, 0.1) is 11.3 Å². The lowest BCUT2D eigenvalue weighted by Gasteiger charge is -2.26. The zero-order valence-electron chi connectivity index (χ0n) is 16.0. The SMILES string of the molecule is COc1ccc(Cn2c(=O)n([C@H]3CC[C@@H](O)CC3)c3ncc(C#N)cc32)cc1Cl. The van der Waals surface area contributed by atoms with Crippen molar-refractivity contribution in [3.8, 4) is 11.8 Å². The summed E-state index contributed by atoms with van der Waals surface area (Å²) in [5, 5.41) is 19.6. The van der Waals surface area contributed by atoms with Crippen molar-refractivity contribution in [2.45, 2.75) is 44.4 Å². The maximum Gasteiger partial charge on any atom is 0.330 e. The molecule has 0 unspecified atom stereocenters. The van der Waals surface area contributed by atoms with Gasteiger partial charge >= 0.3 is 5.69 Å². The van der Waals surface area contributed by atoms with Crippen molar-refractivity contribution in [1.82, 2.24) is 14.1 Å². The molecule has 1 aromatic carbocycles. The zero-order chi connectivity index (χ0) is 20.5. The van der Waals surface area contributed by atoms with Gasteiger partial charge in [-0.15, -0.1) is 0 Å². The summed E-state index contributed by atoms with van der Waals surface area (Å²) in [5.41, 5.74) is 2.26. The number of methoxy groups -OCH3 is 1. The maximum atomic E-state index is 13.4. The van der Waals surface area contributed by atoms with E-state index in [1.807, 2.05) is 6.07 Å². The first-order valence-electron chi connectivity index (χ1n) is 9.53. The minimum atomic E-state index is -0.310. The standard InChI is InChI=1S/C21H21ClN4O3/c1-29-19-7-2-13(8-17(19)22)12-25-18-9-14(10-23)11-24-20(18)26(21(25)28)15-3-5-16(27)6-4-15/h2,7-9,11,15-16,27H,3-6,12H2,1H3/t15-,16+. The number of rotatable bonds is 4. The first-order valence-corrected chi connectivity index (χ1v) is 9.91. The third kappa shape index (κ3) is 3.61. The van der Waals surface area contributed by atoms with Crippen LogP contribution < -0.4 is 10.4 Å². The fraction of sp³-hybridized carbons (Fsp3) is 0.381. The Kier molecular flexibility index (Phi) is 5.31. The summed E-state index contributed by atoms with van der Waals surface area (Å²) in [5.74, 6) is 0.569. The molecule has 0 radical (unpaired) electrons. The summed E-state index contributed by atoms with van der Waals surface area (Å²) in [6, 6.07) is 9.17. The third-order valence-corrected chi connectivity index (χ3v) is 5.82. The molecule has 1 saturated carbocycles. The molecule has 2 heterocycles. The van der Waals surface area contributed by atoms with Crippen LogP contribution in [0.25, 0.3) is 11.2 Å². The van der Waals surface area contributed by atoms with Crippen molar-refractivity contribution in [2.75, 3.05) is 7.11 Å². The van der Waals surface area contributed by atoms with Crippen LogP contribution in [0.1, 0.15) is 42.9 Å². The molecule has 0 aliphatic heterocycles. The number of benzene rings is 1. The lowest BCUT2D eigenvalue weighted by atomic mass is 9.93. The van der Waals surface area contributed by atoms with Gasteiger partial charge in [0.15, 0.2) is 5.65 Å². The van der Waals surface area contributed by atoms with E-state index in [0.29, 0.717) is 46.9 Å².